The minimum atomic E-state index is -0.160. The summed E-state index contributed by atoms with van der Waals surface area (Å²) in [6.07, 6.45) is 0. The molecule has 2 heteroatoms. The third-order valence-corrected chi connectivity index (χ3v) is 2.98. The van der Waals surface area contributed by atoms with Crippen LogP contribution in [0.3, 0.4) is 0 Å². The van der Waals surface area contributed by atoms with Gasteiger partial charge in [0.2, 0.25) is 0 Å². The molecule has 0 N–H and O–H groups in total. The minimum absolute atomic E-state index is 0.160. The van der Waals surface area contributed by atoms with E-state index in [1.165, 1.54) is 0 Å². The van der Waals surface area contributed by atoms with Crippen molar-refractivity contribution in [2.45, 2.75) is 33.2 Å². The van der Waals surface area contributed by atoms with Crippen molar-refractivity contribution in [3.63, 3.8) is 0 Å². The lowest BCUT2D eigenvalue weighted by atomic mass is 10.0. The molecule has 2 aromatic carbocycles. The Bertz CT molecular complexity index is 698. The quantitative estimate of drug-likeness (QED) is 0.682. The highest BCUT2D eigenvalue weighted by Crippen LogP contribution is 2.18. The lowest BCUT2D eigenvalue weighted by Gasteiger charge is -2.10. The first-order valence-corrected chi connectivity index (χ1v) is 7.47. The van der Waals surface area contributed by atoms with Crippen LogP contribution < -0.4 is 0 Å². The van der Waals surface area contributed by atoms with Crippen LogP contribution in [-0.2, 0) is 0 Å². The summed E-state index contributed by atoms with van der Waals surface area (Å²) in [5.41, 5.74) is 3.69. The molecular formula is C20H22N2. The van der Waals surface area contributed by atoms with Crippen molar-refractivity contribution in [3.8, 4) is 0 Å². The fourth-order valence-corrected chi connectivity index (χ4v) is 1.93. The Balaban J connectivity index is 2.50. The summed E-state index contributed by atoms with van der Waals surface area (Å²) in [6, 6.07) is 20.1. The van der Waals surface area contributed by atoms with Crippen LogP contribution in [0.2, 0.25) is 0 Å². The number of para-hydroxylation sites is 1. The van der Waals surface area contributed by atoms with Crippen molar-refractivity contribution in [2.75, 3.05) is 0 Å². The molecule has 0 saturated carbocycles. The van der Waals surface area contributed by atoms with E-state index in [-0.39, 0.29) is 5.54 Å². The number of hydrogen-bond acceptors (Lipinski definition) is 2. The van der Waals surface area contributed by atoms with E-state index >= 15 is 0 Å². The van der Waals surface area contributed by atoms with Crippen LogP contribution >= 0.6 is 0 Å². The number of allylic oxidation sites excluding steroid dienone is 1. The maximum Gasteiger partial charge on any atom is 0.0641 e. The maximum atomic E-state index is 4.69. The van der Waals surface area contributed by atoms with Crippen molar-refractivity contribution in [3.05, 3.63) is 66.2 Å². The molecule has 0 fully saturated rings. The van der Waals surface area contributed by atoms with Crippen molar-refractivity contribution in [1.29, 1.82) is 0 Å². The van der Waals surface area contributed by atoms with Gasteiger partial charge >= 0.3 is 0 Å². The van der Waals surface area contributed by atoms with Crippen LogP contribution in [-0.4, -0.2) is 17.1 Å². The van der Waals surface area contributed by atoms with Gasteiger partial charge in [0.1, 0.15) is 0 Å². The Labute approximate surface area is 133 Å². The summed E-state index contributed by atoms with van der Waals surface area (Å²) in [5.74, 6) is 3.21. The van der Waals surface area contributed by atoms with Gasteiger partial charge in [-0.15, -0.1) is 0 Å². The Kier molecular flexibility index (Phi) is 5.08. The third kappa shape index (κ3) is 4.83. The number of aliphatic imine (C=N–C) groups is 2. The molecule has 0 bridgehead atoms. The van der Waals surface area contributed by atoms with Crippen molar-refractivity contribution >= 4 is 22.8 Å². The molecule has 0 aliphatic rings. The zero-order valence-electron chi connectivity index (χ0n) is 13.7. The molecule has 0 aliphatic carbocycles. The van der Waals surface area contributed by atoms with Crippen LogP contribution in [0.25, 0.3) is 5.57 Å². The molecule has 0 heterocycles. The number of hydrogen-bond donors (Lipinski definition) is 0. The second kappa shape index (κ2) is 7.02. The predicted octanol–water partition coefficient (Wildman–Crippen LogP) is 5.33. The third-order valence-electron chi connectivity index (χ3n) is 2.98. The molecule has 112 valence electrons. The second-order valence-electron chi connectivity index (χ2n) is 6.17. The zero-order chi connectivity index (χ0) is 16.0. The summed E-state index contributed by atoms with van der Waals surface area (Å²) in [4.78, 5) is 9.22. The first-order chi connectivity index (χ1) is 10.5. The van der Waals surface area contributed by atoms with Gasteiger partial charge in [-0.1, -0.05) is 48.5 Å². The standard InChI is InChI=1S/C20H22N2/c1-16(22-18-13-9-6-10-14-18)19(15-21-20(2,3)4)17-11-7-5-8-12-17/h5-14H,1-4H3. The lowest BCUT2D eigenvalue weighted by Crippen LogP contribution is -2.09. The first kappa shape index (κ1) is 15.9. The highest BCUT2D eigenvalue weighted by molar-refractivity contribution is 6.31. The van der Waals surface area contributed by atoms with Gasteiger partial charge in [0.15, 0.2) is 0 Å². The Morgan fingerprint density at radius 1 is 0.864 bits per heavy atom. The molecule has 0 radical (unpaired) electrons. The number of benzene rings is 2. The summed E-state index contributed by atoms with van der Waals surface area (Å²) in [5, 5.41) is 0. The van der Waals surface area contributed by atoms with Crippen molar-refractivity contribution in [1.82, 2.24) is 0 Å². The smallest absolute Gasteiger partial charge is 0.0641 e. The largest absolute Gasteiger partial charge is 0.252 e. The van der Waals surface area contributed by atoms with E-state index < -0.39 is 0 Å². The first-order valence-electron chi connectivity index (χ1n) is 7.47. The lowest BCUT2D eigenvalue weighted by molar-refractivity contribution is 0.588. The monoisotopic (exact) mass is 290 g/mol. The number of nitrogens with zero attached hydrogens (tertiary/aromatic N) is 2. The van der Waals surface area contributed by atoms with Gasteiger partial charge in [0.05, 0.1) is 22.5 Å². The van der Waals surface area contributed by atoms with E-state index in [4.69, 9.17) is 4.99 Å². The van der Waals surface area contributed by atoms with Gasteiger partial charge in [-0.05, 0) is 51.3 Å². The molecule has 2 aromatic rings. The predicted molar refractivity (Wildman–Crippen MR) is 96.2 cm³/mol. The van der Waals surface area contributed by atoms with Crippen LogP contribution in [0.1, 0.15) is 33.3 Å². The topological polar surface area (TPSA) is 24.7 Å². The van der Waals surface area contributed by atoms with Gasteiger partial charge in [-0.2, -0.15) is 0 Å². The summed E-state index contributed by atoms with van der Waals surface area (Å²) < 4.78 is 0. The Hall–Kier alpha value is -2.44. The van der Waals surface area contributed by atoms with Gasteiger partial charge in [-0.3, -0.25) is 4.99 Å². The highest BCUT2D eigenvalue weighted by Gasteiger charge is 2.08. The van der Waals surface area contributed by atoms with Crippen molar-refractivity contribution < 1.29 is 0 Å². The fraction of sp³-hybridized carbons (Fsp3) is 0.250. The second-order valence-corrected chi connectivity index (χ2v) is 6.17. The molecule has 0 spiro atoms. The van der Waals surface area contributed by atoms with E-state index in [0.717, 1.165) is 22.5 Å². The molecule has 0 saturated heterocycles. The zero-order valence-corrected chi connectivity index (χ0v) is 13.7. The van der Waals surface area contributed by atoms with E-state index in [2.05, 4.69) is 43.8 Å². The maximum absolute atomic E-state index is 4.69. The van der Waals surface area contributed by atoms with Crippen molar-refractivity contribution in [2.24, 2.45) is 9.98 Å². The normalized spacial score (nSPS) is 11.7. The van der Waals surface area contributed by atoms with Gasteiger partial charge in [-0.25, -0.2) is 4.99 Å². The van der Waals surface area contributed by atoms with Crippen LogP contribution in [0.15, 0.2) is 70.6 Å². The molecule has 0 aromatic heterocycles. The van der Waals surface area contributed by atoms with Crippen LogP contribution in [0.4, 0.5) is 5.69 Å². The van der Waals surface area contributed by atoms with E-state index in [0.29, 0.717) is 0 Å². The number of rotatable bonds is 3. The minimum Gasteiger partial charge on any atom is -0.252 e. The molecule has 0 amide bonds. The van der Waals surface area contributed by atoms with Gasteiger partial charge in [0.25, 0.3) is 0 Å². The van der Waals surface area contributed by atoms with E-state index in [1.54, 1.807) is 0 Å². The average molecular weight is 290 g/mol. The van der Waals surface area contributed by atoms with Gasteiger partial charge < -0.3 is 0 Å². The molecule has 22 heavy (non-hydrogen) atoms. The molecule has 2 nitrogen and oxygen atoms in total. The highest BCUT2D eigenvalue weighted by atomic mass is 14.8. The fourth-order valence-electron chi connectivity index (χ4n) is 1.93. The average Bonchev–Trinajstić information content (AvgIpc) is 2.48. The molecule has 0 unspecified atom stereocenters. The molecule has 0 atom stereocenters. The SMILES string of the molecule is CC(=Nc1ccccc1)C(=C=NC(C)(C)C)c1ccccc1. The van der Waals surface area contributed by atoms with E-state index in [9.17, 15) is 0 Å². The summed E-state index contributed by atoms with van der Waals surface area (Å²) >= 11 is 0. The molecule has 2 rings (SSSR count). The Morgan fingerprint density at radius 2 is 1.41 bits per heavy atom. The Morgan fingerprint density at radius 3 is 1.95 bits per heavy atom. The summed E-state index contributed by atoms with van der Waals surface area (Å²) in [7, 11) is 0. The summed E-state index contributed by atoms with van der Waals surface area (Å²) in [6.45, 7) is 8.19. The van der Waals surface area contributed by atoms with Crippen LogP contribution in [0.5, 0.6) is 0 Å². The molecule has 0 aliphatic heterocycles. The van der Waals surface area contributed by atoms with Gasteiger partial charge in [0, 0.05) is 0 Å². The van der Waals surface area contributed by atoms with E-state index in [1.807, 2.05) is 55.5 Å². The molecular weight excluding hydrogens is 268 g/mol. The van der Waals surface area contributed by atoms with Crippen LogP contribution in [0, 0.1) is 0 Å².